The Labute approximate surface area is 187 Å². The highest BCUT2D eigenvalue weighted by atomic mass is 32.2. The van der Waals surface area contributed by atoms with Crippen LogP contribution in [0.4, 0.5) is 10.5 Å². The molecule has 0 aromatic heterocycles. The lowest BCUT2D eigenvalue weighted by Crippen LogP contribution is -2.46. The predicted octanol–water partition coefficient (Wildman–Crippen LogP) is 4.96. The number of thioether (sulfide) groups is 1. The molecule has 0 bridgehead atoms. The van der Waals surface area contributed by atoms with Crippen LogP contribution in [0, 0.1) is 5.92 Å². The molecule has 2 fully saturated rings. The van der Waals surface area contributed by atoms with Crippen molar-refractivity contribution in [3.8, 4) is 0 Å². The molecule has 0 N–H and O–H groups in total. The fourth-order valence-corrected chi connectivity index (χ4v) is 4.77. The van der Waals surface area contributed by atoms with Gasteiger partial charge in [0.2, 0.25) is 0 Å². The number of carbonyl (C=O) groups excluding carboxylic acids is 1. The zero-order chi connectivity index (χ0) is 21.6. The van der Waals surface area contributed by atoms with Gasteiger partial charge in [-0.3, -0.25) is 4.90 Å². The number of ether oxygens (including phenoxy) is 1. The molecule has 0 aliphatic carbocycles. The van der Waals surface area contributed by atoms with Crippen LogP contribution >= 0.6 is 11.8 Å². The first-order chi connectivity index (χ1) is 14.3. The van der Waals surface area contributed by atoms with Crippen molar-refractivity contribution in [3.05, 3.63) is 24.3 Å². The lowest BCUT2D eigenvalue weighted by Gasteiger charge is -2.37. The first-order valence-electron chi connectivity index (χ1n) is 11.4. The SMILES string of the molecule is CSc1ccc(N2CCN(CCCC3CCN(C(=O)OC(C)(C)C)CC3)CC2)cc1. The molecule has 1 amide bonds. The van der Waals surface area contributed by atoms with Crippen LogP contribution < -0.4 is 4.90 Å². The quantitative estimate of drug-likeness (QED) is 0.593. The van der Waals surface area contributed by atoms with Crippen molar-refractivity contribution in [3.63, 3.8) is 0 Å². The molecule has 0 unspecified atom stereocenters. The van der Waals surface area contributed by atoms with Gasteiger partial charge < -0.3 is 14.5 Å². The van der Waals surface area contributed by atoms with Crippen LogP contribution in [0.3, 0.4) is 0 Å². The van der Waals surface area contributed by atoms with E-state index in [4.69, 9.17) is 4.74 Å². The summed E-state index contributed by atoms with van der Waals surface area (Å²) in [6.45, 7) is 13.2. The third-order valence-electron chi connectivity index (χ3n) is 6.16. The lowest BCUT2D eigenvalue weighted by atomic mass is 9.92. The van der Waals surface area contributed by atoms with Crippen molar-refractivity contribution in [2.75, 3.05) is 57.0 Å². The van der Waals surface area contributed by atoms with Gasteiger partial charge in [-0.1, -0.05) is 0 Å². The molecule has 6 heteroatoms. The van der Waals surface area contributed by atoms with E-state index < -0.39 is 5.60 Å². The minimum absolute atomic E-state index is 0.151. The van der Waals surface area contributed by atoms with E-state index in [0.29, 0.717) is 0 Å². The first-order valence-corrected chi connectivity index (χ1v) is 12.7. The second-order valence-electron chi connectivity index (χ2n) is 9.58. The summed E-state index contributed by atoms with van der Waals surface area (Å²) in [5.74, 6) is 0.750. The molecule has 2 aliphatic rings. The Morgan fingerprint density at radius 2 is 1.67 bits per heavy atom. The van der Waals surface area contributed by atoms with Crippen LogP contribution in [-0.4, -0.2) is 73.6 Å². The highest BCUT2D eigenvalue weighted by Crippen LogP contribution is 2.24. The van der Waals surface area contributed by atoms with Crippen molar-refractivity contribution in [1.29, 1.82) is 0 Å². The summed E-state index contributed by atoms with van der Waals surface area (Å²) in [6, 6.07) is 8.96. The number of benzene rings is 1. The standard InChI is InChI=1S/C24H39N3O2S/c1-24(2,3)29-23(28)27-14-11-20(12-15-27)6-5-13-25-16-18-26(19-17-25)21-7-9-22(30-4)10-8-21/h7-10,20H,5-6,11-19H2,1-4H3. The maximum absolute atomic E-state index is 12.2. The molecule has 0 atom stereocenters. The number of likely N-dealkylation sites (tertiary alicyclic amines) is 1. The van der Waals surface area contributed by atoms with E-state index in [1.165, 1.54) is 30.0 Å². The Bertz CT molecular complexity index is 658. The third kappa shape index (κ3) is 7.09. The topological polar surface area (TPSA) is 36.0 Å². The van der Waals surface area contributed by atoms with E-state index in [9.17, 15) is 4.79 Å². The molecule has 3 rings (SSSR count). The largest absolute Gasteiger partial charge is 0.444 e. The van der Waals surface area contributed by atoms with E-state index >= 15 is 0 Å². The van der Waals surface area contributed by atoms with Gasteiger partial charge in [-0.15, -0.1) is 11.8 Å². The second kappa shape index (κ2) is 10.8. The van der Waals surface area contributed by atoms with Gasteiger partial charge >= 0.3 is 6.09 Å². The number of hydrogen-bond acceptors (Lipinski definition) is 5. The molecule has 2 heterocycles. The third-order valence-corrected chi connectivity index (χ3v) is 6.91. The van der Waals surface area contributed by atoms with E-state index in [2.05, 4.69) is 40.3 Å². The predicted molar refractivity (Wildman–Crippen MR) is 127 cm³/mol. The number of piperazine rings is 1. The number of piperidine rings is 1. The molecule has 1 aromatic carbocycles. The van der Waals surface area contributed by atoms with E-state index in [1.807, 2.05) is 25.7 Å². The van der Waals surface area contributed by atoms with E-state index in [1.54, 1.807) is 11.8 Å². The summed E-state index contributed by atoms with van der Waals surface area (Å²) in [7, 11) is 0. The number of anilines is 1. The maximum Gasteiger partial charge on any atom is 0.410 e. The summed E-state index contributed by atoms with van der Waals surface area (Å²) in [5.41, 5.74) is 0.944. The van der Waals surface area contributed by atoms with Crippen LogP contribution in [0.25, 0.3) is 0 Å². The maximum atomic E-state index is 12.2. The van der Waals surface area contributed by atoms with E-state index in [0.717, 1.165) is 58.0 Å². The molecular weight excluding hydrogens is 394 g/mol. The van der Waals surface area contributed by atoms with Crippen molar-refractivity contribution in [2.45, 2.75) is 57.0 Å². The molecule has 0 spiro atoms. The molecule has 5 nitrogen and oxygen atoms in total. The summed E-state index contributed by atoms with van der Waals surface area (Å²) in [5, 5.41) is 0. The van der Waals surface area contributed by atoms with Crippen LogP contribution in [0.5, 0.6) is 0 Å². The monoisotopic (exact) mass is 433 g/mol. The van der Waals surface area contributed by atoms with Crippen molar-refractivity contribution in [1.82, 2.24) is 9.80 Å². The van der Waals surface area contributed by atoms with Gasteiger partial charge in [-0.05, 0) is 89.4 Å². The summed E-state index contributed by atoms with van der Waals surface area (Å²) >= 11 is 1.80. The highest BCUT2D eigenvalue weighted by Gasteiger charge is 2.27. The fraction of sp³-hybridized carbons (Fsp3) is 0.708. The summed E-state index contributed by atoms with van der Waals surface area (Å²) in [4.78, 5) is 20.5. The minimum atomic E-state index is -0.407. The Hall–Kier alpha value is -1.40. The highest BCUT2D eigenvalue weighted by molar-refractivity contribution is 7.98. The number of carbonyl (C=O) groups is 1. The van der Waals surface area contributed by atoms with Crippen LogP contribution in [0.15, 0.2) is 29.2 Å². The van der Waals surface area contributed by atoms with Gasteiger partial charge in [0.25, 0.3) is 0 Å². The first kappa shape index (κ1) is 23.3. The molecular formula is C24H39N3O2S. The molecule has 1 aromatic rings. The minimum Gasteiger partial charge on any atom is -0.444 e. The van der Waals surface area contributed by atoms with Crippen molar-refractivity contribution < 1.29 is 9.53 Å². The Balaban J connectivity index is 1.30. The molecule has 2 aliphatic heterocycles. The summed E-state index contributed by atoms with van der Waals surface area (Å²) in [6.07, 6.45) is 6.73. The molecule has 0 radical (unpaired) electrons. The number of hydrogen-bond donors (Lipinski definition) is 0. The Kier molecular flexibility index (Phi) is 8.35. The number of nitrogens with zero attached hydrogens (tertiary/aromatic N) is 3. The van der Waals surface area contributed by atoms with Gasteiger partial charge in [-0.25, -0.2) is 4.79 Å². The molecule has 30 heavy (non-hydrogen) atoms. The summed E-state index contributed by atoms with van der Waals surface area (Å²) < 4.78 is 5.50. The van der Waals surface area contributed by atoms with Crippen LogP contribution in [-0.2, 0) is 4.74 Å². The average Bonchev–Trinajstić information content (AvgIpc) is 2.73. The van der Waals surface area contributed by atoms with Crippen molar-refractivity contribution in [2.24, 2.45) is 5.92 Å². The number of amides is 1. The molecule has 0 saturated carbocycles. The molecule has 2 saturated heterocycles. The Morgan fingerprint density at radius 3 is 2.23 bits per heavy atom. The van der Waals surface area contributed by atoms with Gasteiger partial charge in [0.05, 0.1) is 0 Å². The average molecular weight is 434 g/mol. The lowest BCUT2D eigenvalue weighted by molar-refractivity contribution is 0.0179. The van der Waals surface area contributed by atoms with Gasteiger partial charge in [0.1, 0.15) is 5.60 Å². The smallest absolute Gasteiger partial charge is 0.410 e. The van der Waals surface area contributed by atoms with Gasteiger partial charge in [0.15, 0.2) is 0 Å². The van der Waals surface area contributed by atoms with Gasteiger partial charge in [0, 0.05) is 49.9 Å². The second-order valence-corrected chi connectivity index (χ2v) is 10.5. The normalized spacial score (nSPS) is 19.2. The Morgan fingerprint density at radius 1 is 1.03 bits per heavy atom. The van der Waals surface area contributed by atoms with Crippen LogP contribution in [0.2, 0.25) is 0 Å². The van der Waals surface area contributed by atoms with Crippen molar-refractivity contribution >= 4 is 23.5 Å². The fourth-order valence-electron chi connectivity index (χ4n) is 4.36. The molecule has 168 valence electrons. The van der Waals surface area contributed by atoms with Gasteiger partial charge in [-0.2, -0.15) is 0 Å². The number of rotatable bonds is 6. The van der Waals surface area contributed by atoms with Crippen LogP contribution in [0.1, 0.15) is 46.5 Å². The zero-order valence-electron chi connectivity index (χ0n) is 19.2. The zero-order valence-corrected chi connectivity index (χ0v) is 20.0. The van der Waals surface area contributed by atoms with E-state index in [-0.39, 0.29) is 6.09 Å².